The lowest BCUT2D eigenvalue weighted by atomic mass is 10.2. The lowest BCUT2D eigenvalue weighted by Crippen LogP contribution is -1.85. The van der Waals surface area contributed by atoms with Crippen LogP contribution in [0.5, 0.6) is 0 Å². The molecule has 0 aliphatic heterocycles. The van der Waals surface area contributed by atoms with Gasteiger partial charge in [0.2, 0.25) is 0 Å². The van der Waals surface area contributed by atoms with Crippen LogP contribution in [0, 0.1) is 0 Å². The molecule has 0 N–H and O–H groups in total. The molecule has 0 radical (unpaired) electrons. The van der Waals surface area contributed by atoms with Crippen molar-refractivity contribution in [3.8, 4) is 0 Å². The minimum Gasteiger partial charge on any atom is -0.121 e. The van der Waals surface area contributed by atoms with Crippen LogP contribution in [0.15, 0.2) is 94.7 Å². The van der Waals surface area contributed by atoms with Crippen LogP contribution in [0.1, 0.15) is 11.1 Å². The van der Waals surface area contributed by atoms with Crippen molar-refractivity contribution in [1.82, 2.24) is 0 Å². The number of rotatable bonds is 6. The van der Waals surface area contributed by atoms with Crippen LogP contribution < -0.4 is 0 Å². The van der Waals surface area contributed by atoms with Gasteiger partial charge in [0.1, 0.15) is 0 Å². The molecule has 0 fully saturated rings. The standard InChI is InChI=1S/C20H18S2/c1-3-10-19(11-4-1)21-15-17-8-7-9-18(14-17)16-22-20-12-5-2-6-13-20/h1-14H,15-16H2. The van der Waals surface area contributed by atoms with Crippen LogP contribution in [0.25, 0.3) is 0 Å². The smallest absolute Gasteiger partial charge is 0.0232 e. The Hall–Kier alpha value is -1.64. The van der Waals surface area contributed by atoms with Gasteiger partial charge in [0.25, 0.3) is 0 Å². The number of hydrogen-bond donors (Lipinski definition) is 0. The number of benzene rings is 3. The van der Waals surface area contributed by atoms with E-state index in [4.69, 9.17) is 0 Å². The molecule has 0 bridgehead atoms. The number of thioether (sulfide) groups is 2. The second kappa shape index (κ2) is 8.11. The quantitative estimate of drug-likeness (QED) is 0.490. The van der Waals surface area contributed by atoms with E-state index in [1.54, 1.807) is 0 Å². The molecule has 0 amide bonds. The molecule has 110 valence electrons. The molecule has 0 heterocycles. The van der Waals surface area contributed by atoms with Crippen molar-refractivity contribution >= 4 is 23.5 Å². The molecule has 0 nitrogen and oxygen atoms in total. The van der Waals surface area contributed by atoms with Gasteiger partial charge in [-0.25, -0.2) is 0 Å². The first-order chi connectivity index (χ1) is 10.9. The van der Waals surface area contributed by atoms with Gasteiger partial charge in [-0.3, -0.25) is 0 Å². The first kappa shape index (κ1) is 15.3. The van der Waals surface area contributed by atoms with Gasteiger partial charge in [-0.15, -0.1) is 23.5 Å². The zero-order valence-electron chi connectivity index (χ0n) is 12.3. The van der Waals surface area contributed by atoms with Gasteiger partial charge in [-0.2, -0.15) is 0 Å². The lowest BCUT2D eigenvalue weighted by molar-refractivity contribution is 1.31. The first-order valence-corrected chi connectivity index (χ1v) is 9.31. The molecule has 2 heteroatoms. The van der Waals surface area contributed by atoms with E-state index in [9.17, 15) is 0 Å². The van der Waals surface area contributed by atoms with Gasteiger partial charge in [-0.1, -0.05) is 60.7 Å². The second-order valence-electron chi connectivity index (χ2n) is 5.02. The monoisotopic (exact) mass is 322 g/mol. The highest BCUT2D eigenvalue weighted by atomic mass is 32.2. The van der Waals surface area contributed by atoms with Crippen LogP contribution in [0.2, 0.25) is 0 Å². The van der Waals surface area contributed by atoms with Crippen LogP contribution >= 0.6 is 23.5 Å². The third-order valence-electron chi connectivity index (χ3n) is 3.29. The molecule has 22 heavy (non-hydrogen) atoms. The summed E-state index contributed by atoms with van der Waals surface area (Å²) < 4.78 is 0. The fraction of sp³-hybridized carbons (Fsp3) is 0.100. The van der Waals surface area contributed by atoms with Gasteiger partial charge >= 0.3 is 0 Å². The summed E-state index contributed by atoms with van der Waals surface area (Å²) in [5.41, 5.74) is 2.78. The van der Waals surface area contributed by atoms with Crippen LogP contribution in [0.3, 0.4) is 0 Å². The largest absolute Gasteiger partial charge is 0.121 e. The van der Waals surface area contributed by atoms with Crippen LogP contribution in [-0.4, -0.2) is 0 Å². The van der Waals surface area contributed by atoms with E-state index in [0.29, 0.717) is 0 Å². The first-order valence-electron chi connectivity index (χ1n) is 7.34. The second-order valence-corrected chi connectivity index (χ2v) is 7.12. The summed E-state index contributed by atoms with van der Waals surface area (Å²) in [6.45, 7) is 0. The summed E-state index contributed by atoms with van der Waals surface area (Å²) in [6, 6.07) is 30.1. The predicted octanol–water partition coefficient (Wildman–Crippen LogP) is 6.27. The fourth-order valence-electron chi connectivity index (χ4n) is 2.18. The van der Waals surface area contributed by atoms with Crippen LogP contribution in [0.4, 0.5) is 0 Å². The van der Waals surface area contributed by atoms with Crippen molar-refractivity contribution in [2.24, 2.45) is 0 Å². The summed E-state index contributed by atoms with van der Waals surface area (Å²) in [6.07, 6.45) is 0. The van der Waals surface area contributed by atoms with Crippen molar-refractivity contribution in [1.29, 1.82) is 0 Å². The van der Waals surface area contributed by atoms with Crippen molar-refractivity contribution in [3.63, 3.8) is 0 Å². The topological polar surface area (TPSA) is 0 Å². The molecule has 0 atom stereocenters. The summed E-state index contributed by atoms with van der Waals surface area (Å²) in [7, 11) is 0. The molecule has 0 saturated heterocycles. The van der Waals surface area contributed by atoms with Crippen molar-refractivity contribution in [2.75, 3.05) is 0 Å². The summed E-state index contributed by atoms with van der Waals surface area (Å²) in [4.78, 5) is 2.65. The summed E-state index contributed by atoms with van der Waals surface area (Å²) in [5.74, 6) is 2.04. The van der Waals surface area contributed by atoms with E-state index >= 15 is 0 Å². The fourth-order valence-corrected chi connectivity index (χ4v) is 3.90. The van der Waals surface area contributed by atoms with Gasteiger partial charge in [0, 0.05) is 21.3 Å². The van der Waals surface area contributed by atoms with E-state index in [-0.39, 0.29) is 0 Å². The SMILES string of the molecule is c1ccc(SCc2cccc(CSc3ccccc3)c2)cc1. The Morgan fingerprint density at radius 3 is 1.41 bits per heavy atom. The highest BCUT2D eigenvalue weighted by molar-refractivity contribution is 7.98. The normalized spacial score (nSPS) is 10.5. The zero-order chi connectivity index (χ0) is 15.0. The Bertz CT molecular complexity index is 634. The minimum absolute atomic E-state index is 1.02. The Kier molecular flexibility index (Phi) is 5.63. The Labute approximate surface area is 141 Å². The maximum absolute atomic E-state index is 2.33. The average Bonchev–Trinajstić information content (AvgIpc) is 2.60. The van der Waals surface area contributed by atoms with Crippen molar-refractivity contribution < 1.29 is 0 Å². The lowest BCUT2D eigenvalue weighted by Gasteiger charge is -2.06. The predicted molar refractivity (Wildman–Crippen MR) is 98.4 cm³/mol. The van der Waals surface area contributed by atoms with Gasteiger partial charge in [0.15, 0.2) is 0 Å². The van der Waals surface area contributed by atoms with Gasteiger partial charge < -0.3 is 0 Å². The molecular weight excluding hydrogens is 304 g/mol. The molecule has 0 spiro atoms. The van der Waals surface area contributed by atoms with E-state index in [2.05, 4.69) is 84.9 Å². The molecule has 3 aromatic carbocycles. The highest BCUT2D eigenvalue weighted by Gasteiger charge is 2.00. The molecule has 0 unspecified atom stereocenters. The average molecular weight is 322 g/mol. The third-order valence-corrected chi connectivity index (χ3v) is 5.46. The summed E-state index contributed by atoms with van der Waals surface area (Å²) >= 11 is 3.78. The molecule has 0 saturated carbocycles. The zero-order valence-corrected chi connectivity index (χ0v) is 13.9. The molecule has 0 aromatic heterocycles. The van der Waals surface area contributed by atoms with Crippen molar-refractivity contribution in [2.45, 2.75) is 21.3 Å². The Balaban J connectivity index is 1.58. The van der Waals surface area contributed by atoms with Gasteiger partial charge in [0.05, 0.1) is 0 Å². The Morgan fingerprint density at radius 2 is 0.955 bits per heavy atom. The van der Waals surface area contributed by atoms with Gasteiger partial charge in [-0.05, 0) is 35.4 Å². The van der Waals surface area contributed by atoms with E-state index < -0.39 is 0 Å². The third kappa shape index (κ3) is 4.69. The van der Waals surface area contributed by atoms with E-state index in [1.807, 2.05) is 23.5 Å². The minimum atomic E-state index is 1.02. The maximum atomic E-state index is 2.33. The van der Waals surface area contributed by atoms with E-state index in [1.165, 1.54) is 20.9 Å². The Morgan fingerprint density at radius 1 is 0.500 bits per heavy atom. The highest BCUT2D eigenvalue weighted by Crippen LogP contribution is 2.25. The van der Waals surface area contributed by atoms with Crippen molar-refractivity contribution in [3.05, 3.63) is 96.1 Å². The molecular formula is C20H18S2. The van der Waals surface area contributed by atoms with Crippen LogP contribution in [-0.2, 0) is 11.5 Å². The van der Waals surface area contributed by atoms with E-state index in [0.717, 1.165) is 11.5 Å². The molecule has 0 aliphatic carbocycles. The number of hydrogen-bond acceptors (Lipinski definition) is 2. The molecule has 3 aromatic rings. The molecule has 0 aliphatic rings. The maximum Gasteiger partial charge on any atom is 0.0232 e. The molecule has 3 rings (SSSR count). The summed E-state index contributed by atoms with van der Waals surface area (Å²) in [5, 5.41) is 0.